The van der Waals surface area contributed by atoms with Crippen LogP contribution in [0.25, 0.3) is 0 Å². The molecule has 0 aliphatic rings. The molecule has 0 unspecified atom stereocenters. The fraction of sp³-hybridized carbons (Fsp3) is 0.909. The van der Waals surface area contributed by atoms with E-state index in [-0.39, 0.29) is 54.3 Å². The van der Waals surface area contributed by atoms with Crippen LogP contribution in [0.15, 0.2) is 0 Å². The average molecular weight is 395 g/mol. The number of hydrogen-bond donors (Lipinski definition) is 0. The first-order valence-corrected chi connectivity index (χ1v) is 11.0. The first-order valence-electron chi connectivity index (χ1n) is 11.0. The van der Waals surface area contributed by atoms with Gasteiger partial charge >= 0.3 is 41.5 Å². The van der Waals surface area contributed by atoms with Gasteiger partial charge in [0.2, 0.25) is 0 Å². The number of unbranched alkanes of at least 4 members (excludes halogenated alkanes) is 12. The number of esters is 2. The predicted molar refractivity (Wildman–Crippen MR) is 114 cm³/mol. The summed E-state index contributed by atoms with van der Waals surface area (Å²) in [6.07, 6.45) is 17.0. The van der Waals surface area contributed by atoms with E-state index in [1.807, 2.05) is 0 Å². The fourth-order valence-electron chi connectivity index (χ4n) is 2.84. The first kappa shape index (κ1) is 29.1. The second-order valence-corrected chi connectivity index (χ2v) is 7.18. The van der Waals surface area contributed by atoms with Gasteiger partial charge in [0.05, 0.1) is 26.1 Å². The van der Waals surface area contributed by atoms with E-state index in [0.717, 1.165) is 25.7 Å². The van der Waals surface area contributed by atoms with Gasteiger partial charge in [-0.3, -0.25) is 9.59 Å². The number of hydrogen-bond acceptors (Lipinski definition) is 4. The Kier molecular flexibility index (Phi) is 25.9. The van der Waals surface area contributed by atoms with Gasteiger partial charge in [-0.2, -0.15) is 0 Å². The number of carbonyl (C=O) groups is 2. The summed E-state index contributed by atoms with van der Waals surface area (Å²) < 4.78 is 10.3. The van der Waals surface area contributed by atoms with E-state index in [2.05, 4.69) is 13.8 Å². The molecule has 0 rings (SSSR count). The van der Waals surface area contributed by atoms with E-state index in [1.165, 1.54) is 64.2 Å². The molecule has 0 saturated heterocycles. The summed E-state index contributed by atoms with van der Waals surface area (Å²) in [4.78, 5) is 23.2. The third kappa shape index (κ3) is 23.9. The minimum atomic E-state index is -0.288. The van der Waals surface area contributed by atoms with Gasteiger partial charge in [0, 0.05) is 0 Å². The van der Waals surface area contributed by atoms with Crippen molar-refractivity contribution in [3.05, 3.63) is 0 Å². The van der Waals surface area contributed by atoms with Crippen molar-refractivity contribution in [1.82, 2.24) is 0 Å². The number of ether oxygens (including phenoxy) is 2. The molecule has 0 radical (unpaired) electrons. The quantitative estimate of drug-likeness (QED) is 0.160. The third-order valence-electron chi connectivity index (χ3n) is 4.56. The molecule has 0 heterocycles. The molecule has 0 N–H and O–H groups in total. The average Bonchev–Trinajstić information content (AvgIpc) is 2.64. The Morgan fingerprint density at radius 1 is 0.519 bits per heavy atom. The van der Waals surface area contributed by atoms with E-state index < -0.39 is 0 Å². The van der Waals surface area contributed by atoms with Crippen LogP contribution in [0.1, 0.15) is 117 Å². The van der Waals surface area contributed by atoms with Crippen molar-refractivity contribution >= 4 is 41.5 Å². The summed E-state index contributed by atoms with van der Waals surface area (Å²) in [5.41, 5.74) is 0. The van der Waals surface area contributed by atoms with Gasteiger partial charge in [-0.15, -0.1) is 0 Å². The van der Waals surface area contributed by atoms with E-state index >= 15 is 0 Å². The Morgan fingerprint density at radius 2 is 0.815 bits per heavy atom. The van der Waals surface area contributed by atoms with Crippen LogP contribution in [0.2, 0.25) is 0 Å². The number of rotatable bonds is 19. The van der Waals surface area contributed by atoms with Gasteiger partial charge in [-0.05, 0) is 12.8 Å². The maximum absolute atomic E-state index is 11.6. The van der Waals surface area contributed by atoms with Crippen LogP contribution in [-0.2, 0) is 19.1 Å². The fourth-order valence-corrected chi connectivity index (χ4v) is 2.84. The normalized spacial score (nSPS) is 10.3. The van der Waals surface area contributed by atoms with E-state index in [4.69, 9.17) is 9.47 Å². The van der Waals surface area contributed by atoms with Gasteiger partial charge in [0.15, 0.2) is 0 Å². The molecule has 0 atom stereocenters. The molecule has 4 nitrogen and oxygen atoms in total. The van der Waals surface area contributed by atoms with Crippen LogP contribution in [0.5, 0.6) is 0 Å². The monoisotopic (exact) mass is 394 g/mol. The molecule has 0 bridgehead atoms. The summed E-state index contributed by atoms with van der Waals surface area (Å²) in [5.74, 6) is -0.576. The van der Waals surface area contributed by atoms with Crippen molar-refractivity contribution in [1.29, 1.82) is 0 Å². The van der Waals surface area contributed by atoms with Crippen molar-refractivity contribution in [2.75, 3.05) is 13.2 Å². The predicted octanol–water partition coefficient (Wildman–Crippen LogP) is 5.71. The van der Waals surface area contributed by atoms with Crippen molar-refractivity contribution in [3.8, 4) is 0 Å². The van der Waals surface area contributed by atoms with Gasteiger partial charge in [-0.25, -0.2) is 0 Å². The minimum absolute atomic E-state index is 0. The Bertz CT molecular complexity index is 302. The Labute approximate surface area is 189 Å². The van der Waals surface area contributed by atoms with Crippen molar-refractivity contribution in [2.24, 2.45) is 0 Å². The Morgan fingerprint density at radius 3 is 1.15 bits per heavy atom. The first-order chi connectivity index (χ1) is 12.7. The molecule has 0 spiro atoms. The van der Waals surface area contributed by atoms with Gasteiger partial charge in [-0.1, -0.05) is 90.9 Å². The molecule has 0 aromatic rings. The second-order valence-electron chi connectivity index (χ2n) is 7.18. The zero-order valence-electron chi connectivity index (χ0n) is 17.4. The molecule has 27 heavy (non-hydrogen) atoms. The molecule has 0 aliphatic carbocycles. The summed E-state index contributed by atoms with van der Waals surface area (Å²) in [5, 5.41) is 0. The van der Waals surface area contributed by atoms with Crippen molar-refractivity contribution in [3.63, 3.8) is 0 Å². The molecule has 0 fully saturated rings. The molecular formula is C22H43NaO4. The van der Waals surface area contributed by atoms with Crippen molar-refractivity contribution < 1.29 is 19.1 Å². The van der Waals surface area contributed by atoms with Crippen LogP contribution in [-0.4, -0.2) is 54.7 Å². The maximum atomic E-state index is 11.6. The molecule has 0 aromatic carbocycles. The molecule has 0 saturated carbocycles. The van der Waals surface area contributed by atoms with Crippen LogP contribution >= 0.6 is 0 Å². The van der Waals surface area contributed by atoms with E-state index in [9.17, 15) is 9.59 Å². The SMILES string of the molecule is CCCCCCCCCOC(=O)CCC(=O)OCCCCCCCCC.[NaH]. The summed E-state index contributed by atoms with van der Waals surface area (Å²) in [6, 6.07) is 0. The molecule has 0 amide bonds. The number of carbonyl (C=O) groups excluding carboxylic acids is 2. The third-order valence-corrected chi connectivity index (χ3v) is 4.56. The van der Waals surface area contributed by atoms with Crippen LogP contribution in [0.4, 0.5) is 0 Å². The summed E-state index contributed by atoms with van der Waals surface area (Å²) in [7, 11) is 0. The van der Waals surface area contributed by atoms with Gasteiger partial charge in [0.1, 0.15) is 0 Å². The molecule has 0 aliphatic heterocycles. The Balaban J connectivity index is 0. The summed E-state index contributed by atoms with van der Waals surface area (Å²) in [6.45, 7) is 5.37. The Hall–Kier alpha value is -0.0600. The topological polar surface area (TPSA) is 52.6 Å². The zero-order chi connectivity index (χ0) is 19.3. The standard InChI is InChI=1S/C22H42O4.Na.H/c1-3-5-7-9-11-13-15-19-25-21(23)17-18-22(24)26-20-16-14-12-10-8-6-4-2;;/h3-20H2,1-2H3;;. The van der Waals surface area contributed by atoms with Crippen LogP contribution < -0.4 is 0 Å². The molecular weight excluding hydrogens is 351 g/mol. The van der Waals surface area contributed by atoms with E-state index in [0.29, 0.717) is 13.2 Å². The summed E-state index contributed by atoms with van der Waals surface area (Å²) >= 11 is 0. The van der Waals surface area contributed by atoms with Crippen LogP contribution in [0.3, 0.4) is 0 Å². The van der Waals surface area contributed by atoms with Gasteiger partial charge in [0.25, 0.3) is 0 Å². The van der Waals surface area contributed by atoms with Crippen LogP contribution in [0, 0.1) is 0 Å². The molecule has 5 heteroatoms. The van der Waals surface area contributed by atoms with E-state index in [1.54, 1.807) is 0 Å². The molecule has 156 valence electrons. The molecule has 0 aromatic heterocycles. The van der Waals surface area contributed by atoms with Crippen molar-refractivity contribution in [2.45, 2.75) is 117 Å². The second kappa shape index (κ2) is 24.0. The zero-order valence-corrected chi connectivity index (χ0v) is 17.4. The van der Waals surface area contributed by atoms with Gasteiger partial charge < -0.3 is 9.47 Å².